The van der Waals surface area contributed by atoms with E-state index >= 15 is 0 Å². The van der Waals surface area contributed by atoms with Gasteiger partial charge in [0.2, 0.25) is 5.91 Å². The quantitative estimate of drug-likeness (QED) is 0.0151. The molecule has 3 aromatic carbocycles. The molecule has 2 N–H and O–H groups in total. The Balaban J connectivity index is 1.14. The molecule has 0 saturated carbocycles. The first-order valence-electron chi connectivity index (χ1n) is 22.2. The molecule has 0 spiro atoms. The van der Waals surface area contributed by atoms with Crippen molar-refractivity contribution >= 4 is 48.6 Å². The molecule has 5 rings (SSSR count). The number of H-pyrrole nitrogens is 1. The van der Waals surface area contributed by atoms with Gasteiger partial charge in [0.1, 0.15) is 23.2 Å². The van der Waals surface area contributed by atoms with Crippen molar-refractivity contribution in [3.05, 3.63) is 108 Å². The van der Waals surface area contributed by atoms with Gasteiger partial charge in [0.25, 0.3) is 19.8 Å². The Bertz CT molecular complexity index is 2680. The lowest BCUT2D eigenvalue weighted by molar-refractivity contribution is -0.384. The van der Waals surface area contributed by atoms with E-state index in [1.807, 2.05) is 50.1 Å². The summed E-state index contributed by atoms with van der Waals surface area (Å²) in [4.78, 5) is 53.8. The number of rotatable bonds is 21. The van der Waals surface area contributed by atoms with Crippen LogP contribution in [0.3, 0.4) is 0 Å². The van der Waals surface area contributed by atoms with E-state index in [-0.39, 0.29) is 60.5 Å². The molecule has 1 aromatic heterocycles. The van der Waals surface area contributed by atoms with Crippen molar-refractivity contribution in [3.63, 3.8) is 0 Å². The number of nitro groups is 1. The molecule has 1 aliphatic rings. The first kappa shape index (κ1) is 52.3. The minimum atomic E-state index is -1.55. The van der Waals surface area contributed by atoms with Gasteiger partial charge in [0.05, 0.1) is 54.7 Å². The highest BCUT2D eigenvalue weighted by Crippen LogP contribution is 2.50. The fourth-order valence-electron chi connectivity index (χ4n) is 7.25. The normalized spacial score (nSPS) is 16.3. The number of hydrogen-bond acceptors (Lipinski definition) is 16. The number of aromatic amines is 1. The van der Waals surface area contributed by atoms with E-state index in [2.05, 4.69) is 81.2 Å². The largest absolute Gasteiger partial charge is 0.494 e. The maximum Gasteiger partial charge on any atom is 0.330 e. The van der Waals surface area contributed by atoms with Crippen LogP contribution in [0, 0.1) is 47.3 Å². The second-order valence-corrected chi connectivity index (χ2v) is 17.9. The summed E-state index contributed by atoms with van der Waals surface area (Å²) in [6.45, 7) is 14.5. The number of aromatic nitrogens is 2. The Morgan fingerprint density at radius 2 is 1.75 bits per heavy atom. The van der Waals surface area contributed by atoms with E-state index in [9.17, 15) is 24.5 Å². The monoisotopic (exact) mass is 951 g/mol. The summed E-state index contributed by atoms with van der Waals surface area (Å²) in [5.74, 6) is 2.73. The first-order valence-corrected chi connectivity index (χ1v) is 23.3. The number of aryl methyl sites for hydroxylation is 2. The highest BCUT2D eigenvalue weighted by atomic mass is 31.2. The summed E-state index contributed by atoms with van der Waals surface area (Å²) < 4.78 is 27.9. The Kier molecular flexibility index (Phi) is 19.2. The smallest absolute Gasteiger partial charge is 0.330 e. The van der Waals surface area contributed by atoms with Crippen LogP contribution in [0.25, 0.3) is 0 Å². The standard InChI is InChI=1S/C47H58N11O9P/c1-10-41-43(67-68(65-24-12-21-48)57(30(2)3)31(4)5)28-45(66-41)56-29-34(46(60)50-47(56)61)20-22-49-44(59)13-11-23-55(8)36-17-15-35(16-18-36)51-54-39-26-33(7)38(27-42(39)64-9)53-52-37-19-14-32(6)25-40(37)58(62)63/h14-19,25-27,29-31,41,43,45H,10-13,23-24,28H2,1-9H3,(H,49,59)(H,50,60,61)/b53-52+,54-51-. The zero-order chi connectivity index (χ0) is 49.5. The summed E-state index contributed by atoms with van der Waals surface area (Å²) in [6, 6.07) is 20.4. The lowest BCUT2D eigenvalue weighted by atomic mass is 10.1. The van der Waals surface area contributed by atoms with E-state index < -0.39 is 37.0 Å². The number of ether oxygens (including phenoxy) is 2. The Morgan fingerprint density at radius 1 is 1.04 bits per heavy atom. The van der Waals surface area contributed by atoms with Gasteiger partial charge in [-0.2, -0.15) is 10.4 Å². The molecule has 68 heavy (non-hydrogen) atoms. The third-order valence-corrected chi connectivity index (χ3v) is 12.9. The lowest BCUT2D eigenvalue weighted by Gasteiger charge is -2.37. The fraction of sp³-hybridized carbons (Fsp3) is 0.447. The molecular weight excluding hydrogens is 894 g/mol. The van der Waals surface area contributed by atoms with Crippen molar-refractivity contribution < 1.29 is 28.2 Å². The molecule has 360 valence electrons. The molecule has 0 bridgehead atoms. The summed E-state index contributed by atoms with van der Waals surface area (Å²) in [7, 11) is 1.84. The molecule has 4 unspecified atom stereocenters. The van der Waals surface area contributed by atoms with Crippen LogP contribution in [0.15, 0.2) is 90.8 Å². The van der Waals surface area contributed by atoms with Gasteiger partial charge in [0, 0.05) is 68.6 Å². The zero-order valence-electron chi connectivity index (χ0n) is 39.8. The molecule has 0 aliphatic carbocycles. The Labute approximate surface area is 396 Å². The number of amides is 1. The van der Waals surface area contributed by atoms with Crippen molar-refractivity contribution in [3.8, 4) is 23.8 Å². The molecule has 0 radical (unpaired) electrons. The van der Waals surface area contributed by atoms with E-state index in [0.717, 1.165) is 11.3 Å². The van der Waals surface area contributed by atoms with Gasteiger partial charge >= 0.3 is 5.69 Å². The summed E-state index contributed by atoms with van der Waals surface area (Å²) in [5, 5.41) is 40.3. The van der Waals surface area contributed by atoms with Crippen LogP contribution in [0.1, 0.15) is 89.6 Å². The number of benzene rings is 3. The summed E-state index contributed by atoms with van der Waals surface area (Å²) >= 11 is 0. The lowest BCUT2D eigenvalue weighted by Crippen LogP contribution is -2.35. The number of carbonyl (C=O) groups excluding carboxylic acids is 1. The SMILES string of the molecule is CCC1OC(n2cc(C#CNC(=O)CCCN(C)c3ccc(/N=N\c4cc(C)c(/N=N/c5ccc(C)cc5[N+](=O)[O-])cc4OC)cc3)c(=O)[nH]c2=O)CC1OP(OCCC#N)N(C(C)C)C(C)C. The summed E-state index contributed by atoms with van der Waals surface area (Å²) in [5.41, 5.74) is 2.46. The highest BCUT2D eigenvalue weighted by molar-refractivity contribution is 7.44. The van der Waals surface area contributed by atoms with Gasteiger partial charge in [-0.25, -0.2) is 9.46 Å². The van der Waals surface area contributed by atoms with Crippen molar-refractivity contribution in [2.45, 2.75) is 111 Å². The molecule has 1 aliphatic heterocycles. The molecule has 20 nitrogen and oxygen atoms in total. The maximum atomic E-state index is 13.0. The number of nitrogens with one attached hydrogen (secondary N) is 2. The number of hydrogen-bond donors (Lipinski definition) is 2. The number of azo groups is 2. The fourth-order valence-corrected chi connectivity index (χ4v) is 9.01. The van der Waals surface area contributed by atoms with Crippen LogP contribution >= 0.6 is 8.53 Å². The van der Waals surface area contributed by atoms with E-state index in [1.165, 1.54) is 23.9 Å². The van der Waals surface area contributed by atoms with E-state index in [4.69, 9.17) is 23.8 Å². The van der Waals surface area contributed by atoms with Gasteiger partial charge in [-0.05, 0) is 108 Å². The minimum absolute atomic E-state index is 0.0258. The van der Waals surface area contributed by atoms with Crippen LogP contribution in [-0.2, 0) is 18.6 Å². The average molecular weight is 952 g/mol. The van der Waals surface area contributed by atoms with Crippen molar-refractivity contribution in [1.82, 2.24) is 19.5 Å². The van der Waals surface area contributed by atoms with Crippen molar-refractivity contribution in [2.24, 2.45) is 20.5 Å². The van der Waals surface area contributed by atoms with Gasteiger partial charge < -0.3 is 23.4 Å². The summed E-state index contributed by atoms with van der Waals surface area (Å²) in [6.07, 6.45) is 1.57. The highest BCUT2D eigenvalue weighted by Gasteiger charge is 2.40. The van der Waals surface area contributed by atoms with Crippen LogP contribution in [-0.4, -0.2) is 76.7 Å². The van der Waals surface area contributed by atoms with E-state index in [0.29, 0.717) is 54.2 Å². The molecular formula is C47H58N11O9P. The Morgan fingerprint density at radius 3 is 2.41 bits per heavy atom. The number of nitro benzene ring substituents is 1. The third kappa shape index (κ3) is 14.2. The predicted molar refractivity (Wildman–Crippen MR) is 258 cm³/mol. The predicted octanol–water partition coefficient (Wildman–Crippen LogP) is 9.60. The number of methoxy groups -OCH3 is 1. The Hall–Kier alpha value is -6.67. The van der Waals surface area contributed by atoms with Crippen LogP contribution in [0.5, 0.6) is 5.75 Å². The second-order valence-electron chi connectivity index (χ2n) is 16.5. The molecule has 1 fully saturated rings. The van der Waals surface area contributed by atoms with Crippen LogP contribution in [0.4, 0.5) is 34.1 Å². The average Bonchev–Trinajstić information content (AvgIpc) is 3.71. The molecule has 1 saturated heterocycles. The molecule has 4 atom stereocenters. The molecule has 21 heteroatoms. The number of anilines is 1. The van der Waals surface area contributed by atoms with Crippen LogP contribution < -0.4 is 26.2 Å². The number of nitriles is 1. The molecule has 1 amide bonds. The van der Waals surface area contributed by atoms with Gasteiger partial charge in [0.15, 0.2) is 5.69 Å². The molecule has 2 heterocycles. The molecule has 4 aromatic rings. The third-order valence-electron chi connectivity index (χ3n) is 10.7. The van der Waals surface area contributed by atoms with Gasteiger partial charge in [-0.3, -0.25) is 34.6 Å². The van der Waals surface area contributed by atoms with Crippen molar-refractivity contribution in [2.75, 3.05) is 32.2 Å². The zero-order valence-corrected chi connectivity index (χ0v) is 40.7. The van der Waals surface area contributed by atoms with Crippen LogP contribution in [0.2, 0.25) is 0 Å². The van der Waals surface area contributed by atoms with E-state index in [1.54, 1.807) is 31.2 Å². The van der Waals surface area contributed by atoms with Gasteiger partial charge in [-0.15, -0.1) is 15.3 Å². The van der Waals surface area contributed by atoms with Crippen molar-refractivity contribution in [1.29, 1.82) is 5.26 Å². The maximum absolute atomic E-state index is 13.0. The van der Waals surface area contributed by atoms with Gasteiger partial charge in [-0.1, -0.05) is 13.0 Å². The number of carbonyl (C=O) groups is 1. The number of nitrogens with zero attached hydrogens (tertiary/aromatic N) is 9. The second kappa shape index (κ2) is 24.9. The minimum Gasteiger partial charge on any atom is -0.494 e. The topological polar surface area (TPSA) is 244 Å². The first-order chi connectivity index (χ1) is 32.5.